The van der Waals surface area contributed by atoms with Gasteiger partial charge in [-0.05, 0) is 25.5 Å². The molecule has 4 N–H and O–H groups in total. The van der Waals surface area contributed by atoms with Gasteiger partial charge in [0.25, 0.3) is 0 Å². The summed E-state index contributed by atoms with van der Waals surface area (Å²) >= 11 is 0. The Hall–Kier alpha value is -1.92. The number of hydrogen-bond donors (Lipinski definition) is 4. The SMILES string of the molecule is C[C@]12CC(=O)[C@@H]3C[C@]1(O[C@@H]1O[C@H](CO)[C@@H](O)[C@H](O)[C@H]1O)[C@]3(COC(=O)c1ccccc1)CO2. The van der Waals surface area contributed by atoms with Crippen molar-refractivity contribution in [3.8, 4) is 0 Å². The highest BCUT2D eigenvalue weighted by Crippen LogP contribution is 2.71. The van der Waals surface area contributed by atoms with E-state index in [-0.39, 0.29) is 31.8 Å². The molecule has 180 valence electrons. The molecule has 1 aromatic carbocycles. The first-order valence-electron chi connectivity index (χ1n) is 11.1. The molecule has 0 amide bonds. The minimum Gasteiger partial charge on any atom is -0.461 e. The Balaban J connectivity index is 1.42. The lowest BCUT2D eigenvalue weighted by molar-refractivity contribution is -0.378. The lowest BCUT2D eigenvalue weighted by atomic mass is 9.41. The second-order valence-electron chi connectivity index (χ2n) is 9.66. The highest BCUT2D eigenvalue weighted by molar-refractivity contribution is 5.90. The number of aliphatic hydroxyl groups is 4. The molecular weight excluding hydrogens is 436 g/mol. The Kier molecular flexibility index (Phi) is 5.41. The number of fused-ring (bicyclic) bond motifs is 1. The van der Waals surface area contributed by atoms with Gasteiger partial charge in [-0.2, -0.15) is 0 Å². The van der Waals surface area contributed by atoms with Crippen LogP contribution in [0.4, 0.5) is 0 Å². The molecule has 4 bridgehead atoms. The van der Waals surface area contributed by atoms with E-state index in [0.29, 0.717) is 5.56 Å². The van der Waals surface area contributed by atoms with E-state index >= 15 is 0 Å². The fraction of sp³-hybridized carbons (Fsp3) is 0.652. The fourth-order valence-corrected chi connectivity index (χ4v) is 6.04. The van der Waals surface area contributed by atoms with Gasteiger partial charge in [0.15, 0.2) is 6.29 Å². The maximum atomic E-state index is 12.8. The van der Waals surface area contributed by atoms with Gasteiger partial charge >= 0.3 is 5.97 Å². The van der Waals surface area contributed by atoms with E-state index in [4.69, 9.17) is 18.9 Å². The van der Waals surface area contributed by atoms with Crippen molar-refractivity contribution >= 4 is 11.8 Å². The van der Waals surface area contributed by atoms with Crippen LogP contribution in [0.3, 0.4) is 0 Å². The van der Waals surface area contributed by atoms with Crippen LogP contribution in [0.15, 0.2) is 30.3 Å². The normalized spacial score (nSPS) is 46.0. The van der Waals surface area contributed by atoms with Gasteiger partial charge in [0.2, 0.25) is 0 Å². The highest BCUT2D eigenvalue weighted by Gasteiger charge is 2.84. The van der Waals surface area contributed by atoms with Crippen molar-refractivity contribution in [3.05, 3.63) is 35.9 Å². The second kappa shape index (κ2) is 7.81. The van der Waals surface area contributed by atoms with Crippen LogP contribution < -0.4 is 0 Å². The van der Waals surface area contributed by atoms with E-state index in [1.165, 1.54) is 0 Å². The monoisotopic (exact) mass is 464 g/mol. The van der Waals surface area contributed by atoms with Gasteiger partial charge < -0.3 is 39.4 Å². The number of ketones is 1. The molecule has 1 aromatic rings. The van der Waals surface area contributed by atoms with Crippen LogP contribution >= 0.6 is 0 Å². The predicted octanol–water partition coefficient (Wildman–Crippen LogP) is -0.833. The number of hydrogen-bond acceptors (Lipinski definition) is 10. The summed E-state index contributed by atoms with van der Waals surface area (Å²) < 4.78 is 23.6. The summed E-state index contributed by atoms with van der Waals surface area (Å²) in [6, 6.07) is 8.47. The minimum atomic E-state index is -1.60. The quantitative estimate of drug-likeness (QED) is 0.393. The van der Waals surface area contributed by atoms with Crippen molar-refractivity contribution < 1.29 is 49.0 Å². The third-order valence-corrected chi connectivity index (χ3v) is 8.00. The number of carbonyl (C=O) groups is 2. The van der Waals surface area contributed by atoms with Crippen molar-refractivity contribution in [3.63, 3.8) is 0 Å². The van der Waals surface area contributed by atoms with Gasteiger partial charge in [0.1, 0.15) is 48.0 Å². The first-order valence-corrected chi connectivity index (χ1v) is 11.1. The minimum absolute atomic E-state index is 0.00922. The second-order valence-corrected chi connectivity index (χ2v) is 9.66. The van der Waals surface area contributed by atoms with Crippen LogP contribution in [-0.4, -0.2) is 93.9 Å². The summed E-state index contributed by atoms with van der Waals surface area (Å²) in [5.41, 5.74) is -2.81. The number of rotatable bonds is 6. The first-order chi connectivity index (χ1) is 15.7. The van der Waals surface area contributed by atoms with Crippen molar-refractivity contribution in [1.29, 1.82) is 0 Å². The van der Waals surface area contributed by atoms with Gasteiger partial charge in [0, 0.05) is 12.3 Å². The molecular formula is C23H28O10. The highest BCUT2D eigenvalue weighted by atomic mass is 16.7. The third-order valence-electron chi connectivity index (χ3n) is 8.00. The summed E-state index contributed by atoms with van der Waals surface area (Å²) in [5, 5.41) is 40.3. The van der Waals surface area contributed by atoms with E-state index in [1.807, 2.05) is 0 Å². The summed E-state index contributed by atoms with van der Waals surface area (Å²) in [4.78, 5) is 25.5. The lowest BCUT2D eigenvalue weighted by Gasteiger charge is -2.66. The molecule has 3 aliphatic carbocycles. The zero-order chi connectivity index (χ0) is 23.6. The average molecular weight is 464 g/mol. The molecule has 0 aromatic heterocycles. The van der Waals surface area contributed by atoms with Crippen LogP contribution in [0.25, 0.3) is 0 Å². The molecule has 6 rings (SSSR count). The Bertz CT molecular complexity index is 936. The number of carbonyl (C=O) groups excluding carboxylic acids is 2. The van der Waals surface area contributed by atoms with E-state index in [2.05, 4.69) is 0 Å². The Morgan fingerprint density at radius 3 is 2.58 bits per heavy atom. The zero-order valence-corrected chi connectivity index (χ0v) is 18.1. The van der Waals surface area contributed by atoms with Gasteiger partial charge in [-0.1, -0.05) is 18.2 Å². The van der Waals surface area contributed by atoms with E-state index < -0.39 is 65.8 Å². The van der Waals surface area contributed by atoms with Crippen molar-refractivity contribution in [2.24, 2.45) is 11.3 Å². The van der Waals surface area contributed by atoms with Gasteiger partial charge in [-0.15, -0.1) is 0 Å². The van der Waals surface area contributed by atoms with E-state index in [9.17, 15) is 30.0 Å². The van der Waals surface area contributed by atoms with Gasteiger partial charge in [0.05, 0.1) is 24.2 Å². The molecule has 2 aliphatic heterocycles. The molecule has 3 saturated carbocycles. The first kappa shape index (κ1) is 22.9. The molecule has 10 nitrogen and oxygen atoms in total. The number of aliphatic hydroxyl groups excluding tert-OH is 4. The molecule has 9 atom stereocenters. The average Bonchev–Trinajstić information content (AvgIpc) is 2.90. The molecule has 5 fully saturated rings. The van der Waals surface area contributed by atoms with Crippen LogP contribution in [0.1, 0.15) is 30.1 Å². The molecule has 2 heterocycles. The van der Waals surface area contributed by atoms with Crippen molar-refractivity contribution in [2.75, 3.05) is 19.8 Å². The van der Waals surface area contributed by atoms with E-state index in [1.54, 1.807) is 37.3 Å². The molecule has 0 radical (unpaired) electrons. The topological polar surface area (TPSA) is 152 Å². The predicted molar refractivity (Wildman–Crippen MR) is 109 cm³/mol. The van der Waals surface area contributed by atoms with Crippen molar-refractivity contribution in [2.45, 2.75) is 61.7 Å². The molecule has 10 heteroatoms. The van der Waals surface area contributed by atoms with Crippen LogP contribution in [-0.2, 0) is 23.7 Å². The van der Waals surface area contributed by atoms with Crippen molar-refractivity contribution in [1.82, 2.24) is 0 Å². The number of esters is 1. The smallest absolute Gasteiger partial charge is 0.338 e. The molecule has 0 unspecified atom stereocenters. The lowest BCUT2D eigenvalue weighted by Crippen LogP contribution is -2.79. The van der Waals surface area contributed by atoms with Gasteiger partial charge in [-0.25, -0.2) is 4.79 Å². The fourth-order valence-electron chi connectivity index (χ4n) is 6.04. The number of ether oxygens (including phenoxy) is 4. The zero-order valence-electron chi connectivity index (χ0n) is 18.1. The Labute approximate surface area is 190 Å². The maximum absolute atomic E-state index is 12.8. The largest absolute Gasteiger partial charge is 0.461 e. The Morgan fingerprint density at radius 1 is 1.15 bits per heavy atom. The maximum Gasteiger partial charge on any atom is 0.338 e. The van der Waals surface area contributed by atoms with Gasteiger partial charge in [-0.3, -0.25) is 4.79 Å². The molecule has 0 spiro atoms. The number of benzene rings is 1. The number of Topliss-reactive ketones (excluding diaryl/α,β-unsaturated/α-hetero) is 1. The molecule has 5 aliphatic rings. The van der Waals surface area contributed by atoms with Crippen LogP contribution in [0.2, 0.25) is 0 Å². The molecule has 33 heavy (non-hydrogen) atoms. The third kappa shape index (κ3) is 3.06. The van der Waals surface area contributed by atoms with E-state index in [0.717, 1.165) is 0 Å². The summed E-state index contributed by atoms with van der Waals surface area (Å²) in [6.07, 6.45) is -6.88. The van der Waals surface area contributed by atoms with Crippen LogP contribution in [0.5, 0.6) is 0 Å². The van der Waals surface area contributed by atoms with Crippen LogP contribution in [0, 0.1) is 11.3 Å². The Morgan fingerprint density at radius 2 is 1.88 bits per heavy atom. The standard InChI is InChI=1S/C23H28O10/c1-21-8-14(25)13-7-23(21,33-20-18(28)17(27)16(26)15(9-24)32-20)22(13,11-31-21)10-30-19(29)12-5-3-2-4-6-12/h2-6,13,15-18,20,24,26-28H,7-11H2,1H3/t13-,15+,16+,17-,18+,20-,21-,22+,23+/m0/s1. The summed E-state index contributed by atoms with van der Waals surface area (Å²) in [5.74, 6) is -1.01. The molecule has 2 saturated heterocycles. The summed E-state index contributed by atoms with van der Waals surface area (Å²) in [6.45, 7) is 1.13. The summed E-state index contributed by atoms with van der Waals surface area (Å²) in [7, 11) is 0.